The third-order valence-electron chi connectivity index (χ3n) is 0.992. The van der Waals surface area contributed by atoms with Gasteiger partial charge in [-0.3, -0.25) is 0 Å². The molecule has 0 fully saturated rings. The Hall–Kier alpha value is -2.26. The fourth-order valence-electron chi connectivity index (χ4n) is 0.582. The Balaban J connectivity index is 2.43. The van der Waals surface area contributed by atoms with Gasteiger partial charge in [0.1, 0.15) is 0 Å². The number of aromatic nitrogens is 8. The van der Waals surface area contributed by atoms with Gasteiger partial charge in [-0.15, -0.1) is 20.4 Å². The Bertz CT molecular complexity index is 351. The van der Waals surface area contributed by atoms with Gasteiger partial charge in [0.05, 0.1) is 0 Å². The third kappa shape index (κ3) is 0.902. The molecule has 0 saturated carbocycles. The normalized spacial score (nSPS) is 10.3. The molecule has 0 amide bonds. The first-order valence-corrected chi connectivity index (χ1v) is 2.71. The fourth-order valence-corrected chi connectivity index (χ4v) is 0.582. The van der Waals surface area contributed by atoms with E-state index in [9.17, 15) is 10.4 Å². The van der Waals surface area contributed by atoms with E-state index in [4.69, 9.17) is 0 Å². The van der Waals surface area contributed by atoms with Crippen molar-refractivity contribution in [2.75, 3.05) is 0 Å². The van der Waals surface area contributed by atoms with Crippen molar-refractivity contribution in [1.29, 1.82) is 0 Å². The van der Waals surface area contributed by atoms with E-state index in [1.165, 1.54) is 0 Å². The van der Waals surface area contributed by atoms with E-state index in [1.54, 1.807) is 0 Å². The Morgan fingerprint density at radius 1 is 0.833 bits per heavy atom. The van der Waals surface area contributed by atoms with E-state index < -0.39 is 0 Å². The van der Waals surface area contributed by atoms with Crippen molar-refractivity contribution < 1.29 is 0 Å². The molecule has 0 N–H and O–H groups in total. The lowest BCUT2D eigenvalue weighted by Gasteiger charge is -1.94. The molecule has 0 aliphatic carbocycles. The monoisotopic (exact) mass is 168 g/mol. The van der Waals surface area contributed by atoms with Crippen molar-refractivity contribution >= 4 is 0 Å². The van der Waals surface area contributed by atoms with Crippen LogP contribution in [-0.2, 0) is 0 Å². The number of rotatable bonds is 1. The van der Waals surface area contributed by atoms with E-state index in [0.29, 0.717) is 0 Å². The molecule has 0 saturated heterocycles. The van der Waals surface area contributed by atoms with E-state index in [-0.39, 0.29) is 21.6 Å². The standard InChI is InChI=1S/C2N8O2/c11-9-5-1(3-7-9)2-4-8-10(12)6-2/q-2. The maximum absolute atomic E-state index is 10.3. The summed E-state index contributed by atoms with van der Waals surface area (Å²) in [7, 11) is 0. The molecular formula is C2N8O2-2. The third-order valence-corrected chi connectivity index (χ3v) is 0.992. The highest BCUT2D eigenvalue weighted by molar-refractivity contribution is 5.37. The van der Waals surface area contributed by atoms with Gasteiger partial charge in [-0.2, -0.15) is 9.92 Å². The minimum Gasteiger partial charge on any atom is -0.773 e. The van der Waals surface area contributed by atoms with Crippen molar-refractivity contribution in [2.24, 2.45) is 0 Å². The maximum atomic E-state index is 10.3. The zero-order valence-corrected chi connectivity index (χ0v) is 5.39. The smallest absolute Gasteiger partial charge is 0.245 e. The number of hydrogen-bond acceptors (Lipinski definition) is 8. The molecule has 12 heavy (non-hydrogen) atoms. The van der Waals surface area contributed by atoms with Gasteiger partial charge in [-0.25, -0.2) is 0 Å². The van der Waals surface area contributed by atoms with Gasteiger partial charge in [0.25, 0.3) is 0 Å². The molecule has 2 aromatic rings. The maximum Gasteiger partial charge on any atom is 0.245 e. The summed E-state index contributed by atoms with van der Waals surface area (Å²) < 4.78 is 0. The van der Waals surface area contributed by atoms with Crippen LogP contribution < -0.4 is 0 Å². The largest absolute Gasteiger partial charge is 0.773 e. The molecule has 0 aliphatic rings. The molecular weight excluding hydrogens is 168 g/mol. The highest BCUT2D eigenvalue weighted by Gasteiger charge is 2.07. The lowest BCUT2D eigenvalue weighted by Crippen LogP contribution is -1.91. The first-order valence-electron chi connectivity index (χ1n) is 2.71. The average Bonchev–Trinajstić information content (AvgIpc) is 2.58. The second-order valence-corrected chi connectivity index (χ2v) is 1.73. The van der Waals surface area contributed by atoms with E-state index in [2.05, 4.69) is 30.8 Å². The van der Waals surface area contributed by atoms with Crippen molar-refractivity contribution in [3.8, 4) is 11.6 Å². The SMILES string of the molecule is [O-]n1nnc(-c2nnn([O-])n2)n1. The molecule has 10 heteroatoms. The van der Waals surface area contributed by atoms with Crippen molar-refractivity contribution in [2.45, 2.75) is 0 Å². The summed E-state index contributed by atoms with van der Waals surface area (Å²) in [6, 6.07) is 0. The Labute approximate surface area is 64.0 Å². The minimum absolute atomic E-state index is 0.0131. The molecule has 0 aromatic carbocycles. The second kappa shape index (κ2) is 2.11. The average molecular weight is 168 g/mol. The van der Waals surface area contributed by atoms with Gasteiger partial charge >= 0.3 is 0 Å². The van der Waals surface area contributed by atoms with Crippen molar-refractivity contribution in [1.82, 2.24) is 40.7 Å². The lowest BCUT2D eigenvalue weighted by molar-refractivity contribution is 0.721. The van der Waals surface area contributed by atoms with Crippen LogP contribution in [-0.4, -0.2) is 40.7 Å². The molecule has 0 unspecified atom stereocenters. The van der Waals surface area contributed by atoms with Gasteiger partial charge < -0.3 is 10.4 Å². The van der Waals surface area contributed by atoms with Crippen LogP contribution in [0.2, 0.25) is 0 Å². The molecule has 0 bridgehead atoms. The fraction of sp³-hybridized carbons (Fsp3) is 0. The van der Waals surface area contributed by atoms with Gasteiger partial charge in [-0.05, 0) is 0 Å². The van der Waals surface area contributed by atoms with Gasteiger partial charge in [-0.1, -0.05) is 10.4 Å². The van der Waals surface area contributed by atoms with Crippen LogP contribution in [0.4, 0.5) is 0 Å². The summed E-state index contributed by atoms with van der Waals surface area (Å²) in [5.41, 5.74) is 0. The Kier molecular flexibility index (Phi) is 1.14. The quantitative estimate of drug-likeness (QED) is 0.478. The molecule has 0 aliphatic heterocycles. The molecule has 2 rings (SSSR count). The van der Waals surface area contributed by atoms with Crippen LogP contribution in [0.3, 0.4) is 0 Å². The molecule has 2 aromatic heterocycles. The molecule has 62 valence electrons. The number of nitrogens with zero attached hydrogens (tertiary/aromatic N) is 8. The summed E-state index contributed by atoms with van der Waals surface area (Å²) in [4.78, 5) is -0.0261. The second-order valence-electron chi connectivity index (χ2n) is 1.73. The van der Waals surface area contributed by atoms with Gasteiger partial charge in [0, 0.05) is 0 Å². The van der Waals surface area contributed by atoms with Crippen molar-refractivity contribution in [3.05, 3.63) is 10.4 Å². The van der Waals surface area contributed by atoms with E-state index >= 15 is 0 Å². The minimum atomic E-state index is -0.132. The highest BCUT2D eigenvalue weighted by atomic mass is 16.5. The van der Waals surface area contributed by atoms with E-state index in [0.717, 1.165) is 0 Å². The predicted octanol–water partition coefficient (Wildman–Crippen LogP) is -1.98. The van der Waals surface area contributed by atoms with Crippen LogP contribution in [0, 0.1) is 10.4 Å². The summed E-state index contributed by atoms with van der Waals surface area (Å²) in [5.74, 6) is -0.265. The Morgan fingerprint density at radius 2 is 1.25 bits per heavy atom. The molecule has 2 heterocycles. The molecule has 0 atom stereocenters. The summed E-state index contributed by atoms with van der Waals surface area (Å²) in [5, 5.41) is 39.6. The van der Waals surface area contributed by atoms with Gasteiger partial charge in [0.15, 0.2) is 0 Å². The predicted molar refractivity (Wildman–Crippen MR) is 32.2 cm³/mol. The van der Waals surface area contributed by atoms with E-state index in [1.807, 2.05) is 0 Å². The van der Waals surface area contributed by atoms with Crippen molar-refractivity contribution in [3.63, 3.8) is 0 Å². The number of hydrogen-bond donors (Lipinski definition) is 0. The first-order chi connectivity index (χ1) is 5.75. The van der Waals surface area contributed by atoms with Gasteiger partial charge in [0.2, 0.25) is 11.6 Å². The van der Waals surface area contributed by atoms with Crippen LogP contribution in [0.25, 0.3) is 11.6 Å². The van der Waals surface area contributed by atoms with Crippen LogP contribution in [0.1, 0.15) is 0 Å². The van der Waals surface area contributed by atoms with Crippen LogP contribution >= 0.6 is 0 Å². The Morgan fingerprint density at radius 3 is 1.50 bits per heavy atom. The topological polar surface area (TPSA) is 133 Å². The summed E-state index contributed by atoms with van der Waals surface area (Å²) >= 11 is 0. The number of tetrazole rings is 2. The van der Waals surface area contributed by atoms with Crippen LogP contribution in [0.15, 0.2) is 0 Å². The zero-order valence-electron chi connectivity index (χ0n) is 5.39. The summed E-state index contributed by atoms with van der Waals surface area (Å²) in [6.07, 6.45) is 0. The zero-order chi connectivity index (χ0) is 8.55. The summed E-state index contributed by atoms with van der Waals surface area (Å²) in [6.45, 7) is 0. The lowest BCUT2D eigenvalue weighted by atomic mass is 10.6. The van der Waals surface area contributed by atoms with Crippen LogP contribution in [0.5, 0.6) is 0 Å². The first kappa shape index (κ1) is 6.45. The molecule has 0 spiro atoms. The highest BCUT2D eigenvalue weighted by Crippen LogP contribution is 2.02. The molecule has 0 radical (unpaired) electrons. The molecule has 10 nitrogen and oxygen atoms in total.